The van der Waals surface area contributed by atoms with E-state index in [0.29, 0.717) is 19.4 Å². The number of nitrogens with one attached hydrogen (secondary N) is 1. The standard InChI is InChI=1S/C20H21FN2O2/c1-23(11-12-24)19(25)10-8-16-17-13-15(21)7-9-18(17)22-20(16)14-5-3-2-4-6-14/h2-7,9,13,22,24H,8,10-12H2,1H3. The van der Waals surface area contributed by atoms with Gasteiger partial charge in [-0.05, 0) is 35.7 Å². The number of likely N-dealkylation sites (N-methyl/N-ethyl adjacent to an activating group) is 1. The van der Waals surface area contributed by atoms with Crippen molar-refractivity contribution in [3.63, 3.8) is 0 Å². The lowest BCUT2D eigenvalue weighted by atomic mass is 10.0. The van der Waals surface area contributed by atoms with Crippen LogP contribution in [0.4, 0.5) is 4.39 Å². The number of aliphatic hydroxyl groups is 1. The van der Waals surface area contributed by atoms with E-state index in [0.717, 1.165) is 27.7 Å². The van der Waals surface area contributed by atoms with E-state index in [9.17, 15) is 9.18 Å². The Morgan fingerprint density at radius 3 is 2.68 bits per heavy atom. The number of hydrogen-bond acceptors (Lipinski definition) is 2. The van der Waals surface area contributed by atoms with Crippen LogP contribution in [0.15, 0.2) is 48.5 Å². The summed E-state index contributed by atoms with van der Waals surface area (Å²) in [5.74, 6) is -0.338. The number of H-pyrrole nitrogens is 1. The monoisotopic (exact) mass is 340 g/mol. The molecule has 2 N–H and O–H groups in total. The van der Waals surface area contributed by atoms with Crippen molar-refractivity contribution >= 4 is 16.8 Å². The van der Waals surface area contributed by atoms with Crippen LogP contribution in [0.2, 0.25) is 0 Å². The average molecular weight is 340 g/mol. The lowest BCUT2D eigenvalue weighted by Gasteiger charge is -2.15. The molecule has 0 saturated heterocycles. The molecular weight excluding hydrogens is 319 g/mol. The fraction of sp³-hybridized carbons (Fsp3) is 0.250. The van der Waals surface area contributed by atoms with E-state index in [-0.39, 0.29) is 18.3 Å². The summed E-state index contributed by atoms with van der Waals surface area (Å²) in [5.41, 5.74) is 3.71. The molecule has 0 fully saturated rings. The Morgan fingerprint density at radius 1 is 1.20 bits per heavy atom. The molecule has 1 heterocycles. The number of fused-ring (bicyclic) bond motifs is 1. The van der Waals surface area contributed by atoms with E-state index in [2.05, 4.69) is 4.98 Å². The molecule has 0 aliphatic rings. The van der Waals surface area contributed by atoms with Crippen molar-refractivity contribution in [2.75, 3.05) is 20.2 Å². The quantitative estimate of drug-likeness (QED) is 0.723. The number of hydrogen-bond donors (Lipinski definition) is 2. The lowest BCUT2D eigenvalue weighted by Crippen LogP contribution is -2.29. The molecule has 1 amide bonds. The van der Waals surface area contributed by atoms with Gasteiger partial charge in [0.1, 0.15) is 5.82 Å². The predicted molar refractivity (Wildman–Crippen MR) is 96.7 cm³/mol. The van der Waals surface area contributed by atoms with E-state index >= 15 is 0 Å². The van der Waals surface area contributed by atoms with Gasteiger partial charge in [-0.15, -0.1) is 0 Å². The third kappa shape index (κ3) is 3.72. The Labute approximate surface area is 145 Å². The summed E-state index contributed by atoms with van der Waals surface area (Å²) >= 11 is 0. The molecule has 3 rings (SSSR count). The summed E-state index contributed by atoms with van der Waals surface area (Å²) in [5, 5.41) is 9.76. The number of carbonyl (C=O) groups is 1. The normalized spacial score (nSPS) is 11.0. The summed E-state index contributed by atoms with van der Waals surface area (Å²) in [7, 11) is 1.67. The van der Waals surface area contributed by atoms with E-state index in [1.807, 2.05) is 30.3 Å². The zero-order valence-electron chi connectivity index (χ0n) is 14.1. The molecule has 130 valence electrons. The van der Waals surface area contributed by atoms with E-state index in [4.69, 9.17) is 5.11 Å². The summed E-state index contributed by atoms with van der Waals surface area (Å²) in [6.07, 6.45) is 0.808. The molecule has 1 aromatic heterocycles. The van der Waals surface area contributed by atoms with E-state index in [1.165, 1.54) is 17.0 Å². The number of carbonyl (C=O) groups excluding carboxylic acids is 1. The van der Waals surface area contributed by atoms with Gasteiger partial charge in [0.25, 0.3) is 0 Å². The van der Waals surface area contributed by atoms with Crippen molar-refractivity contribution in [3.8, 4) is 11.3 Å². The molecule has 5 heteroatoms. The Morgan fingerprint density at radius 2 is 1.96 bits per heavy atom. The molecule has 0 saturated carbocycles. The summed E-state index contributed by atoms with van der Waals surface area (Å²) in [6.45, 7) is 0.253. The molecule has 0 atom stereocenters. The highest BCUT2D eigenvalue weighted by Crippen LogP contribution is 2.31. The molecule has 0 aliphatic heterocycles. The number of aryl methyl sites for hydroxylation is 1. The Kier molecular flexibility index (Phi) is 5.14. The van der Waals surface area contributed by atoms with Crippen LogP contribution >= 0.6 is 0 Å². The van der Waals surface area contributed by atoms with Gasteiger partial charge in [0.15, 0.2) is 0 Å². The zero-order valence-corrected chi connectivity index (χ0v) is 14.1. The maximum absolute atomic E-state index is 13.7. The molecule has 0 bridgehead atoms. The van der Waals surface area contributed by atoms with Crippen molar-refractivity contribution in [1.82, 2.24) is 9.88 Å². The Hall–Kier alpha value is -2.66. The van der Waals surface area contributed by atoms with Gasteiger partial charge >= 0.3 is 0 Å². The summed E-state index contributed by atoms with van der Waals surface area (Å²) < 4.78 is 13.7. The minimum Gasteiger partial charge on any atom is -0.395 e. The Bertz CT molecular complexity index is 874. The fourth-order valence-corrected chi connectivity index (χ4v) is 3.03. The van der Waals surface area contributed by atoms with Gasteiger partial charge in [-0.25, -0.2) is 4.39 Å². The zero-order chi connectivity index (χ0) is 17.8. The third-order valence-electron chi connectivity index (χ3n) is 4.38. The summed E-state index contributed by atoms with van der Waals surface area (Å²) in [4.78, 5) is 17.1. The van der Waals surface area contributed by atoms with Gasteiger partial charge in [0, 0.05) is 36.6 Å². The van der Waals surface area contributed by atoms with Crippen LogP contribution in [0, 0.1) is 5.82 Å². The molecule has 0 aliphatic carbocycles. The van der Waals surface area contributed by atoms with Crippen LogP contribution in [0.3, 0.4) is 0 Å². The lowest BCUT2D eigenvalue weighted by molar-refractivity contribution is -0.130. The molecule has 0 unspecified atom stereocenters. The minimum absolute atomic E-state index is 0.0428. The predicted octanol–water partition coefficient (Wildman–Crippen LogP) is 3.36. The average Bonchev–Trinajstić information content (AvgIpc) is 2.98. The summed E-state index contributed by atoms with van der Waals surface area (Å²) in [6, 6.07) is 14.5. The van der Waals surface area contributed by atoms with Crippen LogP contribution < -0.4 is 0 Å². The number of amides is 1. The second kappa shape index (κ2) is 7.49. The van der Waals surface area contributed by atoms with Crippen molar-refractivity contribution in [3.05, 3.63) is 59.9 Å². The van der Waals surface area contributed by atoms with Crippen LogP contribution in [0.1, 0.15) is 12.0 Å². The number of nitrogens with zero attached hydrogens (tertiary/aromatic N) is 1. The maximum Gasteiger partial charge on any atom is 0.222 e. The van der Waals surface area contributed by atoms with Crippen molar-refractivity contribution < 1.29 is 14.3 Å². The van der Waals surface area contributed by atoms with Gasteiger partial charge in [-0.3, -0.25) is 4.79 Å². The molecule has 0 radical (unpaired) electrons. The van der Waals surface area contributed by atoms with Gasteiger partial charge in [-0.1, -0.05) is 30.3 Å². The second-order valence-electron chi connectivity index (χ2n) is 6.07. The third-order valence-corrected chi connectivity index (χ3v) is 4.38. The van der Waals surface area contributed by atoms with Gasteiger partial charge in [0.05, 0.1) is 6.61 Å². The molecule has 4 nitrogen and oxygen atoms in total. The highest BCUT2D eigenvalue weighted by atomic mass is 19.1. The van der Waals surface area contributed by atoms with Crippen LogP contribution in [0.25, 0.3) is 22.2 Å². The van der Waals surface area contributed by atoms with E-state index in [1.54, 1.807) is 13.1 Å². The van der Waals surface area contributed by atoms with Crippen LogP contribution in [-0.2, 0) is 11.2 Å². The molecular formula is C20H21FN2O2. The number of aliphatic hydroxyl groups excluding tert-OH is 1. The largest absolute Gasteiger partial charge is 0.395 e. The van der Waals surface area contributed by atoms with Crippen LogP contribution in [-0.4, -0.2) is 41.1 Å². The van der Waals surface area contributed by atoms with Gasteiger partial charge in [-0.2, -0.15) is 0 Å². The second-order valence-corrected chi connectivity index (χ2v) is 6.07. The highest BCUT2D eigenvalue weighted by molar-refractivity contribution is 5.91. The number of benzene rings is 2. The molecule has 25 heavy (non-hydrogen) atoms. The highest BCUT2D eigenvalue weighted by Gasteiger charge is 2.16. The van der Waals surface area contributed by atoms with E-state index < -0.39 is 0 Å². The number of aromatic amines is 1. The first-order valence-corrected chi connectivity index (χ1v) is 8.30. The fourth-order valence-electron chi connectivity index (χ4n) is 3.03. The van der Waals surface area contributed by atoms with Crippen molar-refractivity contribution in [2.24, 2.45) is 0 Å². The number of rotatable bonds is 6. The SMILES string of the molecule is CN(CCO)C(=O)CCc1c(-c2ccccc2)[nH]c2ccc(F)cc12. The molecule has 2 aromatic carbocycles. The van der Waals surface area contributed by atoms with Crippen molar-refractivity contribution in [2.45, 2.75) is 12.8 Å². The molecule has 3 aromatic rings. The first-order valence-electron chi connectivity index (χ1n) is 8.30. The number of aromatic nitrogens is 1. The number of halogens is 1. The van der Waals surface area contributed by atoms with Gasteiger partial charge < -0.3 is 15.0 Å². The topological polar surface area (TPSA) is 56.3 Å². The maximum atomic E-state index is 13.7. The Balaban J connectivity index is 1.97. The molecule has 0 spiro atoms. The van der Waals surface area contributed by atoms with Crippen molar-refractivity contribution in [1.29, 1.82) is 0 Å². The smallest absolute Gasteiger partial charge is 0.222 e. The van der Waals surface area contributed by atoms with Crippen LogP contribution in [0.5, 0.6) is 0 Å². The van der Waals surface area contributed by atoms with Gasteiger partial charge in [0.2, 0.25) is 5.91 Å². The first-order chi connectivity index (χ1) is 12.1. The minimum atomic E-state index is -0.295. The first kappa shape index (κ1) is 17.2.